The molecular formula is C29H25N3O8S. The second-order valence-corrected chi connectivity index (χ2v) is 9.93. The number of methoxy groups -OCH3 is 2. The molecule has 1 atom stereocenters. The zero-order chi connectivity index (χ0) is 29.3. The lowest BCUT2D eigenvalue weighted by Crippen LogP contribution is -2.39. The Labute approximate surface area is 237 Å². The van der Waals surface area contributed by atoms with E-state index in [1.54, 1.807) is 63.4 Å². The van der Waals surface area contributed by atoms with Gasteiger partial charge in [0, 0.05) is 18.2 Å². The number of hydrogen-bond donors (Lipinski definition) is 0. The summed E-state index contributed by atoms with van der Waals surface area (Å²) in [5.74, 6) is 1.17. The van der Waals surface area contributed by atoms with E-state index in [0.717, 1.165) is 11.3 Å². The van der Waals surface area contributed by atoms with Crippen LogP contribution in [0.2, 0.25) is 0 Å². The van der Waals surface area contributed by atoms with Gasteiger partial charge < -0.3 is 18.6 Å². The van der Waals surface area contributed by atoms with Crippen molar-refractivity contribution >= 4 is 29.1 Å². The van der Waals surface area contributed by atoms with Crippen molar-refractivity contribution in [2.45, 2.75) is 19.9 Å². The molecule has 41 heavy (non-hydrogen) atoms. The normalized spacial score (nSPS) is 14.8. The van der Waals surface area contributed by atoms with Crippen LogP contribution in [-0.2, 0) is 9.53 Å². The summed E-state index contributed by atoms with van der Waals surface area (Å²) >= 11 is 1.16. The summed E-state index contributed by atoms with van der Waals surface area (Å²) in [5.41, 5.74) is 1.34. The van der Waals surface area contributed by atoms with Crippen LogP contribution in [0.25, 0.3) is 17.4 Å². The molecule has 0 spiro atoms. The number of non-ortho nitro benzene ring substituents is 1. The van der Waals surface area contributed by atoms with Crippen molar-refractivity contribution in [3.63, 3.8) is 0 Å². The van der Waals surface area contributed by atoms with Crippen molar-refractivity contribution < 1.29 is 28.3 Å². The largest absolute Gasteiger partial charge is 0.497 e. The Morgan fingerprint density at radius 1 is 1.15 bits per heavy atom. The molecule has 5 rings (SSSR count). The smallest absolute Gasteiger partial charge is 0.338 e. The van der Waals surface area contributed by atoms with Crippen LogP contribution < -0.4 is 24.4 Å². The Morgan fingerprint density at radius 3 is 2.56 bits per heavy atom. The minimum Gasteiger partial charge on any atom is -0.497 e. The van der Waals surface area contributed by atoms with Crippen LogP contribution in [0, 0.1) is 10.1 Å². The highest BCUT2D eigenvalue weighted by molar-refractivity contribution is 7.07. The maximum atomic E-state index is 13.8. The third-order valence-corrected chi connectivity index (χ3v) is 7.49. The number of thiazole rings is 1. The van der Waals surface area contributed by atoms with Crippen LogP contribution in [0.1, 0.15) is 31.2 Å². The first kappa shape index (κ1) is 27.6. The maximum Gasteiger partial charge on any atom is 0.338 e. The summed E-state index contributed by atoms with van der Waals surface area (Å²) in [7, 11) is 3.02. The van der Waals surface area contributed by atoms with Gasteiger partial charge in [0.1, 0.15) is 23.0 Å². The molecule has 0 amide bonds. The molecule has 0 saturated heterocycles. The fraction of sp³-hybridized carbons (Fsp3) is 0.207. The molecule has 3 heterocycles. The highest BCUT2D eigenvalue weighted by Crippen LogP contribution is 2.35. The molecule has 0 fully saturated rings. The predicted molar refractivity (Wildman–Crippen MR) is 151 cm³/mol. The molecule has 0 N–H and O–H groups in total. The molecule has 0 unspecified atom stereocenters. The molecular weight excluding hydrogens is 550 g/mol. The summed E-state index contributed by atoms with van der Waals surface area (Å²) in [6, 6.07) is 13.9. The lowest BCUT2D eigenvalue weighted by Gasteiger charge is -2.24. The van der Waals surface area contributed by atoms with E-state index in [4.69, 9.17) is 18.6 Å². The van der Waals surface area contributed by atoms with Gasteiger partial charge in [0.05, 0.1) is 53.2 Å². The molecule has 0 saturated carbocycles. The quantitative estimate of drug-likeness (QED) is 0.175. The van der Waals surface area contributed by atoms with Gasteiger partial charge in [-0.1, -0.05) is 23.5 Å². The number of carbonyl (C=O) groups is 1. The molecule has 0 aliphatic carbocycles. The number of hydrogen-bond acceptors (Lipinski definition) is 10. The molecule has 210 valence electrons. The maximum absolute atomic E-state index is 13.8. The van der Waals surface area contributed by atoms with E-state index < -0.39 is 16.9 Å². The van der Waals surface area contributed by atoms with Crippen LogP contribution in [-0.4, -0.2) is 36.3 Å². The fourth-order valence-corrected chi connectivity index (χ4v) is 5.63. The Kier molecular flexibility index (Phi) is 7.58. The standard InChI is InChI=1S/C29H25N3O8S/c1-5-39-28(34)25-16(2)30-29-31(26(25)17-6-9-19(37-3)10-7-17)27(33)24(41-29)15-20-11-13-23(40-20)21-14-18(32(35)36)8-12-22(21)38-4/h6-15,26H,5H2,1-4H3/b24-15+/t26-/m1/s1. The number of nitro benzene ring substituents is 1. The number of fused-ring (bicyclic) bond motifs is 1. The summed E-state index contributed by atoms with van der Waals surface area (Å²) in [4.78, 5) is 42.6. The number of ether oxygens (including phenoxy) is 3. The summed E-state index contributed by atoms with van der Waals surface area (Å²) in [6.45, 7) is 3.60. The van der Waals surface area contributed by atoms with Gasteiger partial charge >= 0.3 is 5.97 Å². The number of furan rings is 1. The van der Waals surface area contributed by atoms with Crippen LogP contribution in [0.15, 0.2) is 80.1 Å². The lowest BCUT2D eigenvalue weighted by molar-refractivity contribution is -0.384. The highest BCUT2D eigenvalue weighted by Gasteiger charge is 2.33. The molecule has 11 nitrogen and oxygen atoms in total. The van der Waals surface area contributed by atoms with Crippen molar-refractivity contribution in [3.8, 4) is 22.8 Å². The number of nitrogens with zero attached hydrogens (tertiary/aromatic N) is 3. The molecule has 1 aliphatic heterocycles. The van der Waals surface area contributed by atoms with Crippen LogP contribution in [0.3, 0.4) is 0 Å². The van der Waals surface area contributed by atoms with E-state index in [1.165, 1.54) is 29.9 Å². The van der Waals surface area contributed by atoms with Crippen molar-refractivity contribution in [3.05, 3.63) is 107 Å². The Balaban J connectivity index is 1.62. The van der Waals surface area contributed by atoms with Crippen molar-refractivity contribution in [1.82, 2.24) is 4.57 Å². The Hall–Kier alpha value is -4.97. The second kappa shape index (κ2) is 11.3. The summed E-state index contributed by atoms with van der Waals surface area (Å²) < 4.78 is 23.7. The van der Waals surface area contributed by atoms with Crippen molar-refractivity contribution in [1.29, 1.82) is 0 Å². The molecule has 2 aromatic heterocycles. The first-order valence-electron chi connectivity index (χ1n) is 12.5. The van der Waals surface area contributed by atoms with E-state index in [0.29, 0.717) is 49.2 Å². The van der Waals surface area contributed by atoms with Crippen LogP contribution in [0.5, 0.6) is 11.5 Å². The average molecular weight is 576 g/mol. The molecule has 2 aromatic carbocycles. The Bertz CT molecular complexity index is 1860. The van der Waals surface area contributed by atoms with Crippen LogP contribution >= 0.6 is 11.3 Å². The van der Waals surface area contributed by atoms with Gasteiger partial charge in [0.25, 0.3) is 11.2 Å². The summed E-state index contributed by atoms with van der Waals surface area (Å²) in [6.07, 6.45) is 1.58. The highest BCUT2D eigenvalue weighted by atomic mass is 32.1. The van der Waals surface area contributed by atoms with Gasteiger partial charge in [-0.15, -0.1) is 0 Å². The minimum absolute atomic E-state index is 0.113. The predicted octanol–water partition coefficient (Wildman–Crippen LogP) is 3.98. The average Bonchev–Trinajstić information content (AvgIpc) is 3.56. The number of carbonyl (C=O) groups excluding carboxylic acids is 1. The molecule has 1 aliphatic rings. The van der Waals surface area contributed by atoms with Gasteiger partial charge in [-0.25, -0.2) is 9.79 Å². The minimum atomic E-state index is -0.764. The topological polar surface area (TPSA) is 135 Å². The van der Waals surface area contributed by atoms with E-state index in [-0.39, 0.29) is 23.4 Å². The van der Waals surface area contributed by atoms with Gasteiger partial charge in [-0.3, -0.25) is 19.5 Å². The number of rotatable bonds is 8. The Morgan fingerprint density at radius 2 is 1.90 bits per heavy atom. The lowest BCUT2D eigenvalue weighted by atomic mass is 9.96. The monoisotopic (exact) mass is 575 g/mol. The number of aromatic nitrogens is 1. The van der Waals surface area contributed by atoms with E-state index in [9.17, 15) is 19.7 Å². The first-order valence-corrected chi connectivity index (χ1v) is 13.3. The second-order valence-electron chi connectivity index (χ2n) is 8.92. The van der Waals surface area contributed by atoms with Gasteiger partial charge in [0.2, 0.25) is 0 Å². The number of nitro groups is 1. The molecule has 12 heteroatoms. The third-order valence-electron chi connectivity index (χ3n) is 6.51. The van der Waals surface area contributed by atoms with Gasteiger partial charge in [0.15, 0.2) is 4.80 Å². The first-order chi connectivity index (χ1) is 19.7. The van der Waals surface area contributed by atoms with Crippen LogP contribution in [0.4, 0.5) is 5.69 Å². The van der Waals surface area contributed by atoms with Crippen molar-refractivity contribution in [2.24, 2.45) is 4.99 Å². The van der Waals surface area contributed by atoms with Crippen molar-refractivity contribution in [2.75, 3.05) is 20.8 Å². The fourth-order valence-electron chi connectivity index (χ4n) is 4.60. The zero-order valence-corrected chi connectivity index (χ0v) is 23.4. The van der Waals surface area contributed by atoms with E-state index >= 15 is 0 Å². The number of esters is 1. The number of allylic oxidation sites excluding steroid dienone is 1. The molecule has 0 radical (unpaired) electrons. The molecule has 0 bridgehead atoms. The third kappa shape index (κ3) is 5.16. The summed E-state index contributed by atoms with van der Waals surface area (Å²) in [5, 5.41) is 11.3. The van der Waals surface area contributed by atoms with E-state index in [2.05, 4.69) is 4.99 Å². The van der Waals surface area contributed by atoms with Gasteiger partial charge in [-0.05, 0) is 49.7 Å². The number of benzene rings is 2. The zero-order valence-electron chi connectivity index (χ0n) is 22.6. The SMILES string of the molecule is CCOC(=O)C1=C(C)N=c2s/c(=C/c3ccc(-c4cc([N+](=O)[O-])ccc4OC)o3)c(=O)n2[C@@H]1c1ccc(OC)cc1. The van der Waals surface area contributed by atoms with Gasteiger partial charge in [-0.2, -0.15) is 0 Å². The molecule has 4 aromatic rings. The van der Waals surface area contributed by atoms with E-state index in [1.807, 2.05) is 0 Å².